The standard InChI is InChI=1S/C19H16BrN3O3/c1-13-9-10-21-23(13)17-7-5-14(6-8-17)19(25)26-12-18(24)22-16-4-2-3-15(20)11-16/h2-11H,12H2,1H3,(H,22,24). The first-order chi connectivity index (χ1) is 12.5. The van der Waals surface area contributed by atoms with Gasteiger partial charge in [-0.05, 0) is 55.5 Å². The summed E-state index contributed by atoms with van der Waals surface area (Å²) in [5, 5.41) is 6.88. The number of hydrogen-bond donors (Lipinski definition) is 1. The molecule has 3 aromatic rings. The van der Waals surface area contributed by atoms with Gasteiger partial charge in [-0.3, -0.25) is 4.79 Å². The van der Waals surface area contributed by atoms with Gasteiger partial charge in [-0.15, -0.1) is 0 Å². The third-order valence-electron chi connectivity index (χ3n) is 3.62. The highest BCUT2D eigenvalue weighted by Crippen LogP contribution is 2.16. The van der Waals surface area contributed by atoms with E-state index in [0.29, 0.717) is 11.3 Å². The van der Waals surface area contributed by atoms with Gasteiger partial charge in [0.2, 0.25) is 0 Å². The highest BCUT2D eigenvalue weighted by atomic mass is 79.9. The summed E-state index contributed by atoms with van der Waals surface area (Å²) >= 11 is 3.33. The lowest BCUT2D eigenvalue weighted by Crippen LogP contribution is -2.20. The van der Waals surface area contributed by atoms with Gasteiger partial charge in [0.05, 0.1) is 11.3 Å². The maximum atomic E-state index is 12.1. The van der Waals surface area contributed by atoms with Gasteiger partial charge in [-0.25, -0.2) is 9.48 Å². The van der Waals surface area contributed by atoms with Gasteiger partial charge in [0.25, 0.3) is 5.91 Å². The molecule has 1 N–H and O–H groups in total. The van der Waals surface area contributed by atoms with Crippen molar-refractivity contribution in [1.29, 1.82) is 0 Å². The average molecular weight is 414 g/mol. The number of hydrogen-bond acceptors (Lipinski definition) is 4. The van der Waals surface area contributed by atoms with Crippen LogP contribution >= 0.6 is 15.9 Å². The molecular formula is C19H16BrN3O3. The van der Waals surface area contributed by atoms with Crippen LogP contribution in [0, 0.1) is 6.92 Å². The van der Waals surface area contributed by atoms with Gasteiger partial charge in [-0.1, -0.05) is 22.0 Å². The molecule has 26 heavy (non-hydrogen) atoms. The van der Waals surface area contributed by atoms with Crippen molar-refractivity contribution in [1.82, 2.24) is 9.78 Å². The average Bonchev–Trinajstić information content (AvgIpc) is 3.06. The van der Waals surface area contributed by atoms with E-state index in [2.05, 4.69) is 26.3 Å². The van der Waals surface area contributed by atoms with Crippen LogP contribution in [0.15, 0.2) is 65.3 Å². The number of nitrogens with zero attached hydrogens (tertiary/aromatic N) is 2. The van der Waals surface area contributed by atoms with E-state index in [1.807, 2.05) is 19.1 Å². The van der Waals surface area contributed by atoms with E-state index in [0.717, 1.165) is 15.9 Å². The molecule has 0 aliphatic heterocycles. The molecule has 132 valence electrons. The Morgan fingerprint density at radius 3 is 2.58 bits per heavy atom. The lowest BCUT2D eigenvalue weighted by atomic mass is 10.2. The van der Waals surface area contributed by atoms with Crippen LogP contribution in [-0.4, -0.2) is 28.3 Å². The molecule has 1 amide bonds. The molecule has 0 unspecified atom stereocenters. The maximum Gasteiger partial charge on any atom is 0.338 e. The molecule has 0 spiro atoms. The zero-order chi connectivity index (χ0) is 18.5. The van der Waals surface area contributed by atoms with Crippen LogP contribution in [0.4, 0.5) is 5.69 Å². The number of esters is 1. The summed E-state index contributed by atoms with van der Waals surface area (Å²) < 4.78 is 7.67. The van der Waals surface area contributed by atoms with Crippen LogP contribution in [0.1, 0.15) is 16.1 Å². The van der Waals surface area contributed by atoms with E-state index in [-0.39, 0.29) is 6.61 Å². The number of amides is 1. The lowest BCUT2D eigenvalue weighted by molar-refractivity contribution is -0.119. The molecule has 0 saturated carbocycles. The maximum absolute atomic E-state index is 12.1. The normalized spacial score (nSPS) is 10.4. The van der Waals surface area contributed by atoms with Crippen molar-refractivity contribution in [3.63, 3.8) is 0 Å². The van der Waals surface area contributed by atoms with Gasteiger partial charge in [-0.2, -0.15) is 5.10 Å². The molecule has 2 aromatic carbocycles. The third-order valence-corrected chi connectivity index (χ3v) is 4.12. The molecule has 0 atom stereocenters. The van der Waals surface area contributed by atoms with Crippen molar-refractivity contribution in [2.24, 2.45) is 0 Å². The Bertz CT molecular complexity index is 935. The van der Waals surface area contributed by atoms with Gasteiger partial charge in [0.1, 0.15) is 0 Å². The lowest BCUT2D eigenvalue weighted by Gasteiger charge is -2.08. The first-order valence-corrected chi connectivity index (χ1v) is 8.66. The number of halogens is 1. The summed E-state index contributed by atoms with van der Waals surface area (Å²) in [6.45, 7) is 1.59. The number of nitrogens with one attached hydrogen (secondary N) is 1. The van der Waals surface area contributed by atoms with Crippen LogP contribution in [0.2, 0.25) is 0 Å². The Hall–Kier alpha value is -2.93. The molecule has 7 heteroatoms. The number of rotatable bonds is 5. The monoisotopic (exact) mass is 413 g/mol. The van der Waals surface area contributed by atoms with E-state index < -0.39 is 11.9 Å². The second kappa shape index (κ2) is 7.97. The first kappa shape index (κ1) is 17.9. The van der Waals surface area contributed by atoms with Crippen LogP contribution in [0.3, 0.4) is 0 Å². The summed E-state index contributed by atoms with van der Waals surface area (Å²) in [4.78, 5) is 24.0. The van der Waals surface area contributed by atoms with Crippen molar-refractivity contribution in [2.75, 3.05) is 11.9 Å². The van der Waals surface area contributed by atoms with Gasteiger partial charge in [0, 0.05) is 22.1 Å². The van der Waals surface area contributed by atoms with Crippen molar-refractivity contribution in [3.8, 4) is 5.69 Å². The summed E-state index contributed by atoms with van der Waals surface area (Å²) in [6.07, 6.45) is 1.71. The number of aryl methyl sites for hydroxylation is 1. The van der Waals surface area contributed by atoms with E-state index >= 15 is 0 Å². The summed E-state index contributed by atoms with van der Waals surface area (Å²) in [5.41, 5.74) is 2.83. The molecule has 1 heterocycles. The van der Waals surface area contributed by atoms with Crippen LogP contribution in [0.25, 0.3) is 5.69 Å². The summed E-state index contributed by atoms with van der Waals surface area (Å²) in [6, 6.07) is 15.9. The van der Waals surface area contributed by atoms with Crippen molar-refractivity contribution < 1.29 is 14.3 Å². The van der Waals surface area contributed by atoms with Crippen LogP contribution in [0.5, 0.6) is 0 Å². The van der Waals surface area contributed by atoms with Crippen LogP contribution in [-0.2, 0) is 9.53 Å². The predicted molar refractivity (Wildman–Crippen MR) is 101 cm³/mol. The smallest absolute Gasteiger partial charge is 0.338 e. The summed E-state index contributed by atoms with van der Waals surface area (Å²) in [5.74, 6) is -0.960. The fourth-order valence-corrected chi connectivity index (χ4v) is 2.76. The Kier molecular flexibility index (Phi) is 5.48. The van der Waals surface area contributed by atoms with Crippen molar-refractivity contribution in [2.45, 2.75) is 6.92 Å². The topological polar surface area (TPSA) is 73.2 Å². The fraction of sp³-hybridized carbons (Fsp3) is 0.105. The number of aromatic nitrogens is 2. The molecule has 0 aliphatic rings. The highest BCUT2D eigenvalue weighted by molar-refractivity contribution is 9.10. The van der Waals surface area contributed by atoms with E-state index in [4.69, 9.17) is 4.74 Å². The van der Waals surface area contributed by atoms with Crippen LogP contribution < -0.4 is 5.32 Å². The zero-order valence-electron chi connectivity index (χ0n) is 14.0. The van der Waals surface area contributed by atoms with Gasteiger partial charge < -0.3 is 10.1 Å². The Balaban J connectivity index is 1.56. The molecule has 6 nitrogen and oxygen atoms in total. The molecule has 0 fully saturated rings. The second-order valence-electron chi connectivity index (χ2n) is 5.57. The first-order valence-electron chi connectivity index (χ1n) is 7.86. The van der Waals surface area contributed by atoms with Crippen molar-refractivity contribution >= 4 is 33.5 Å². The minimum atomic E-state index is -0.557. The number of ether oxygens (including phenoxy) is 1. The minimum Gasteiger partial charge on any atom is -0.452 e. The minimum absolute atomic E-state index is 0.356. The quantitative estimate of drug-likeness (QED) is 0.646. The van der Waals surface area contributed by atoms with Gasteiger partial charge >= 0.3 is 5.97 Å². The third kappa shape index (κ3) is 4.37. The zero-order valence-corrected chi connectivity index (χ0v) is 15.6. The largest absolute Gasteiger partial charge is 0.452 e. The van der Waals surface area contributed by atoms with Crippen molar-refractivity contribution in [3.05, 3.63) is 76.5 Å². The van der Waals surface area contributed by atoms with E-state index in [1.54, 1.807) is 53.3 Å². The molecule has 3 rings (SSSR count). The fourth-order valence-electron chi connectivity index (χ4n) is 2.36. The predicted octanol–water partition coefficient (Wildman–Crippen LogP) is 3.74. The molecular weight excluding hydrogens is 398 g/mol. The second-order valence-corrected chi connectivity index (χ2v) is 6.48. The highest BCUT2D eigenvalue weighted by Gasteiger charge is 2.11. The number of anilines is 1. The number of benzene rings is 2. The van der Waals surface area contributed by atoms with E-state index in [9.17, 15) is 9.59 Å². The molecule has 0 saturated heterocycles. The Labute approximate surface area is 158 Å². The SMILES string of the molecule is Cc1ccnn1-c1ccc(C(=O)OCC(=O)Nc2cccc(Br)c2)cc1. The molecule has 1 aromatic heterocycles. The Morgan fingerprint density at radius 2 is 1.92 bits per heavy atom. The number of carbonyl (C=O) groups is 2. The summed E-state index contributed by atoms with van der Waals surface area (Å²) in [7, 11) is 0. The number of carbonyl (C=O) groups excluding carboxylic acids is 2. The van der Waals surface area contributed by atoms with E-state index in [1.165, 1.54) is 0 Å². The molecule has 0 radical (unpaired) electrons. The Morgan fingerprint density at radius 1 is 1.15 bits per heavy atom. The van der Waals surface area contributed by atoms with Gasteiger partial charge in [0.15, 0.2) is 6.61 Å². The molecule has 0 bridgehead atoms. The molecule has 0 aliphatic carbocycles.